The first kappa shape index (κ1) is 32.9. The number of hydrogen-bond acceptors (Lipinski definition) is 9. The number of aliphatic hydroxyl groups is 1. The molecule has 237 valence electrons. The van der Waals surface area contributed by atoms with Crippen LogP contribution in [0.5, 0.6) is 17.4 Å². The third-order valence-corrected chi connectivity index (χ3v) is 11.0. The average molecular weight is 644 g/mol. The fraction of sp³-hybridized carbons (Fsp3) is 0.367. The molecule has 0 fully saturated rings. The molecule has 0 saturated carbocycles. The van der Waals surface area contributed by atoms with Gasteiger partial charge < -0.3 is 19.3 Å². The second-order valence-corrected chi connectivity index (χ2v) is 19.2. The largest absolute Gasteiger partial charge is 0.494 e. The number of anilines is 1. The molecule has 2 aromatic carbocycles. The van der Waals surface area contributed by atoms with E-state index in [1.807, 2.05) is 0 Å². The first-order chi connectivity index (χ1) is 20.8. The highest BCUT2D eigenvalue weighted by molar-refractivity contribution is 7.93. The summed E-state index contributed by atoms with van der Waals surface area (Å²) in [4.78, 5) is 4.53. The summed E-state index contributed by atoms with van der Waals surface area (Å²) in [5, 5.41) is 18.7. The Hall–Kier alpha value is -4.01. The van der Waals surface area contributed by atoms with Crippen molar-refractivity contribution < 1.29 is 32.1 Å². The lowest BCUT2D eigenvalue weighted by Crippen LogP contribution is -2.44. The standard InChI is InChI=1S/C30H38FN5O6SSi/c1-20(28(37)21-14-16-22(31)17-15-21)43(38,39)35(18-19-44(5,6)7)30-34-33-29(23-10-8-13-26(32-23)42-4)36(30)27-24(40-2)11-9-12-25(27)41-3/h8-17,20,28,37H,18-19H2,1-7H3/q-1/t20-,28-/m1/s1. The molecule has 2 aromatic heterocycles. The topological polar surface area (TPSA) is 129 Å². The van der Waals surface area contributed by atoms with Gasteiger partial charge in [0.25, 0.3) is 0 Å². The van der Waals surface area contributed by atoms with Crippen LogP contribution in [-0.4, -0.2) is 74.5 Å². The Morgan fingerprint density at radius 1 is 0.932 bits per heavy atom. The Morgan fingerprint density at radius 2 is 1.55 bits per heavy atom. The zero-order chi connectivity index (χ0) is 32.2. The lowest BCUT2D eigenvalue weighted by molar-refractivity contribution is 0.175. The highest BCUT2D eigenvalue weighted by Crippen LogP contribution is 2.40. The number of aliphatic hydroxyl groups excluding tert-OH is 1. The maximum atomic E-state index is 14.5. The van der Waals surface area contributed by atoms with Gasteiger partial charge >= 0.3 is 0 Å². The van der Waals surface area contributed by atoms with Gasteiger partial charge in [-0.3, -0.25) is 4.57 Å². The van der Waals surface area contributed by atoms with Crippen LogP contribution in [-0.2, 0) is 10.0 Å². The number of nitrogens with zero attached hydrogens (tertiary/aromatic N) is 5. The monoisotopic (exact) mass is 643 g/mol. The molecule has 2 atom stereocenters. The molecule has 2 heterocycles. The van der Waals surface area contributed by atoms with Gasteiger partial charge in [0.05, 0.1) is 27.4 Å². The minimum Gasteiger partial charge on any atom is -0.494 e. The summed E-state index contributed by atoms with van der Waals surface area (Å²) in [6.07, 6.45) is -1.45. The van der Waals surface area contributed by atoms with Gasteiger partial charge in [0.1, 0.15) is 33.9 Å². The molecule has 0 aliphatic rings. The van der Waals surface area contributed by atoms with Crippen molar-refractivity contribution in [1.82, 2.24) is 19.7 Å². The molecule has 44 heavy (non-hydrogen) atoms. The molecule has 0 bridgehead atoms. The molecule has 1 N–H and O–H groups in total. The van der Waals surface area contributed by atoms with E-state index in [2.05, 4.69) is 34.8 Å². The number of sulfonamides is 1. The van der Waals surface area contributed by atoms with Crippen LogP contribution in [0.15, 0.2) is 60.7 Å². The number of rotatable bonds is 13. The third kappa shape index (κ3) is 6.87. The van der Waals surface area contributed by atoms with E-state index in [1.165, 1.54) is 61.4 Å². The molecular formula is C30H38FN5O6SSi-. The molecule has 0 spiro atoms. The van der Waals surface area contributed by atoms with Crippen LogP contribution in [0.2, 0.25) is 25.7 Å². The Kier molecular flexibility index (Phi) is 9.96. The molecule has 0 aliphatic carbocycles. The first-order valence-electron chi connectivity index (χ1n) is 14.0. The van der Waals surface area contributed by atoms with Gasteiger partial charge in [-0.25, -0.2) is 22.1 Å². The van der Waals surface area contributed by atoms with Crippen molar-refractivity contribution in [2.45, 2.75) is 44.0 Å². The number of halogens is 1. The molecule has 4 rings (SSSR count). The number of ether oxygens (including phenoxy) is 3. The van der Waals surface area contributed by atoms with E-state index in [1.54, 1.807) is 36.4 Å². The summed E-state index contributed by atoms with van der Waals surface area (Å²) >= 11 is 0. The van der Waals surface area contributed by atoms with E-state index in [0.717, 1.165) is 0 Å². The number of pyridine rings is 1. The molecular weight excluding hydrogens is 606 g/mol. The zero-order valence-electron chi connectivity index (χ0n) is 25.9. The van der Waals surface area contributed by atoms with Crippen molar-refractivity contribution in [1.29, 1.82) is 0 Å². The van der Waals surface area contributed by atoms with Crippen molar-refractivity contribution in [2.24, 2.45) is 0 Å². The number of methoxy groups -OCH3 is 3. The summed E-state index contributed by atoms with van der Waals surface area (Å²) in [7, 11) is -1.66. The van der Waals surface area contributed by atoms with Crippen molar-refractivity contribution >= 4 is 24.0 Å². The van der Waals surface area contributed by atoms with Crippen LogP contribution >= 0.6 is 0 Å². The summed E-state index contributed by atoms with van der Waals surface area (Å²) in [5.41, 5.74) is 0.983. The van der Waals surface area contributed by atoms with Gasteiger partial charge in [-0.1, -0.05) is 24.3 Å². The molecule has 0 saturated heterocycles. The highest BCUT2D eigenvalue weighted by Gasteiger charge is 2.38. The molecule has 4 aromatic rings. The van der Waals surface area contributed by atoms with E-state index in [4.69, 9.17) is 14.2 Å². The fourth-order valence-electron chi connectivity index (χ4n) is 4.59. The van der Waals surface area contributed by atoms with E-state index in [-0.39, 0.29) is 23.9 Å². The Balaban J connectivity index is 1.99. The molecule has 0 amide bonds. The zero-order valence-corrected chi connectivity index (χ0v) is 27.7. The summed E-state index contributed by atoms with van der Waals surface area (Å²) in [6, 6.07) is 16.0. The van der Waals surface area contributed by atoms with Gasteiger partial charge in [-0.2, -0.15) is 19.6 Å². The van der Waals surface area contributed by atoms with Gasteiger partial charge in [0.15, 0.2) is 5.82 Å². The van der Waals surface area contributed by atoms with Crippen molar-refractivity contribution in [2.75, 3.05) is 32.2 Å². The molecule has 0 radical (unpaired) electrons. The second-order valence-electron chi connectivity index (χ2n) is 11.4. The molecule has 0 aliphatic heterocycles. The average Bonchev–Trinajstić information content (AvgIpc) is 3.43. The highest BCUT2D eigenvalue weighted by atomic mass is 32.2. The van der Waals surface area contributed by atoms with Crippen molar-refractivity contribution in [3.05, 3.63) is 72.0 Å². The molecule has 14 heteroatoms. The second kappa shape index (κ2) is 13.3. The van der Waals surface area contributed by atoms with E-state index in [9.17, 15) is 17.9 Å². The van der Waals surface area contributed by atoms with Crippen LogP contribution in [0.25, 0.3) is 17.2 Å². The van der Waals surface area contributed by atoms with Crippen LogP contribution in [0.4, 0.5) is 10.3 Å². The molecule has 0 unspecified atom stereocenters. The maximum Gasteiger partial charge on any atom is 0.246 e. The number of benzene rings is 2. The van der Waals surface area contributed by atoms with Crippen molar-refractivity contribution in [3.8, 4) is 34.6 Å². The minimum atomic E-state index is -4.32. The summed E-state index contributed by atoms with van der Waals surface area (Å²) in [5.74, 6) is 0.744. The molecule has 11 nitrogen and oxygen atoms in total. The van der Waals surface area contributed by atoms with Gasteiger partial charge in [-0.05, 0) is 42.8 Å². The first-order valence-corrected chi connectivity index (χ1v) is 19.2. The Bertz CT molecular complexity index is 1670. The van der Waals surface area contributed by atoms with Crippen LogP contribution < -0.4 is 18.5 Å². The number of para-hydroxylation sites is 1. The SMILES string of the molecule is COc1cccc(-c2nnc(N(CC[Si-](C)(C)C)S(=O)(=O)[C@H](C)[C@@H](O)c3ccc(F)cc3)n2-c2c(OC)cccc2OC)n1. The van der Waals surface area contributed by atoms with E-state index < -0.39 is 35.3 Å². The quantitative estimate of drug-likeness (QED) is 0.198. The van der Waals surface area contributed by atoms with Crippen molar-refractivity contribution in [3.63, 3.8) is 0 Å². The van der Waals surface area contributed by atoms with Gasteiger partial charge in [0, 0.05) is 12.6 Å². The smallest absolute Gasteiger partial charge is 0.246 e. The minimum absolute atomic E-state index is 0.0381. The Labute approximate surface area is 258 Å². The predicted molar refractivity (Wildman–Crippen MR) is 169 cm³/mol. The van der Waals surface area contributed by atoms with Gasteiger partial charge in [0.2, 0.25) is 21.9 Å². The number of aromatic nitrogens is 4. The third-order valence-electron chi connectivity index (χ3n) is 7.15. The Morgan fingerprint density at radius 3 is 2.11 bits per heavy atom. The lowest BCUT2D eigenvalue weighted by atomic mass is 10.1. The summed E-state index contributed by atoms with van der Waals surface area (Å²) < 4.78 is 62.1. The van der Waals surface area contributed by atoms with Gasteiger partial charge in [-0.15, -0.1) is 24.3 Å². The predicted octanol–water partition coefficient (Wildman–Crippen LogP) is 5.09. The number of hydrogen-bond donors (Lipinski definition) is 1. The van der Waals surface area contributed by atoms with E-state index in [0.29, 0.717) is 34.8 Å². The maximum absolute atomic E-state index is 14.5. The summed E-state index contributed by atoms with van der Waals surface area (Å²) in [6.45, 7) is 7.88. The van der Waals surface area contributed by atoms with Crippen LogP contribution in [0, 0.1) is 5.82 Å². The van der Waals surface area contributed by atoms with Crippen LogP contribution in [0.3, 0.4) is 0 Å². The lowest BCUT2D eigenvalue weighted by Gasteiger charge is -2.34. The van der Waals surface area contributed by atoms with E-state index >= 15 is 0 Å². The normalized spacial score (nSPS) is 13.3. The van der Waals surface area contributed by atoms with Crippen LogP contribution in [0.1, 0.15) is 18.6 Å². The fourth-order valence-corrected chi connectivity index (χ4v) is 7.22.